The average Bonchev–Trinajstić information content (AvgIpc) is 2.87. The Hall–Kier alpha value is -0.870. The summed E-state index contributed by atoms with van der Waals surface area (Å²) in [4.78, 5) is 6.90. The zero-order chi connectivity index (χ0) is 17.8. The fraction of sp³-hybridized carbons (Fsp3) is 0.765. The van der Waals surface area contributed by atoms with Crippen LogP contribution in [0.1, 0.15) is 30.4 Å². The first kappa shape index (κ1) is 24.1. The van der Waals surface area contributed by atoms with Gasteiger partial charge in [-0.05, 0) is 40.7 Å². The van der Waals surface area contributed by atoms with Crippen molar-refractivity contribution < 1.29 is 9.26 Å². The van der Waals surface area contributed by atoms with Crippen LogP contribution in [-0.2, 0) is 11.2 Å². The van der Waals surface area contributed by atoms with Gasteiger partial charge < -0.3 is 24.8 Å². The number of aromatic nitrogens is 1. The first-order valence-corrected chi connectivity index (χ1v) is 8.69. The molecule has 146 valence electrons. The number of aliphatic imine (C=N–C) groups is 1. The number of methoxy groups -OCH3 is 1. The molecule has 25 heavy (non-hydrogen) atoms. The highest BCUT2D eigenvalue weighted by molar-refractivity contribution is 14.0. The molecule has 0 saturated carbocycles. The molecule has 0 bridgehead atoms. The van der Waals surface area contributed by atoms with Crippen molar-refractivity contribution >= 4 is 29.9 Å². The summed E-state index contributed by atoms with van der Waals surface area (Å²) in [7, 11) is 3.85. The molecule has 0 spiro atoms. The van der Waals surface area contributed by atoms with Gasteiger partial charge in [0.1, 0.15) is 5.76 Å². The number of guanidine groups is 1. The number of ether oxygens (including phenoxy) is 1. The number of hydrogen-bond acceptors (Lipinski definition) is 5. The van der Waals surface area contributed by atoms with Gasteiger partial charge in [-0.25, -0.2) is 0 Å². The van der Waals surface area contributed by atoms with Gasteiger partial charge in [-0.2, -0.15) is 0 Å². The lowest BCUT2D eigenvalue weighted by Gasteiger charge is -2.16. The summed E-state index contributed by atoms with van der Waals surface area (Å²) in [6, 6.07) is 0. The van der Waals surface area contributed by atoms with Gasteiger partial charge >= 0.3 is 0 Å². The molecule has 8 heteroatoms. The molecule has 0 fully saturated rings. The van der Waals surface area contributed by atoms with Crippen molar-refractivity contribution in [2.45, 2.75) is 33.6 Å². The quantitative estimate of drug-likeness (QED) is 0.225. The van der Waals surface area contributed by atoms with E-state index < -0.39 is 0 Å². The molecular formula is C17H34IN5O2. The third kappa shape index (κ3) is 10.0. The van der Waals surface area contributed by atoms with E-state index in [-0.39, 0.29) is 24.0 Å². The van der Waals surface area contributed by atoms with Crippen LogP contribution in [0.3, 0.4) is 0 Å². The highest BCUT2D eigenvalue weighted by Crippen LogP contribution is 2.11. The monoisotopic (exact) mass is 467 g/mol. The Kier molecular flexibility index (Phi) is 13.8. The van der Waals surface area contributed by atoms with Crippen LogP contribution in [0.5, 0.6) is 0 Å². The van der Waals surface area contributed by atoms with Crippen molar-refractivity contribution in [3.05, 3.63) is 17.0 Å². The molecule has 0 saturated heterocycles. The maximum absolute atomic E-state index is 5.19. The van der Waals surface area contributed by atoms with Gasteiger partial charge in [-0.1, -0.05) is 5.16 Å². The normalized spacial score (nSPS) is 11.5. The van der Waals surface area contributed by atoms with E-state index in [1.165, 1.54) is 5.56 Å². The second-order valence-electron chi connectivity index (χ2n) is 5.89. The van der Waals surface area contributed by atoms with Gasteiger partial charge in [-0.3, -0.25) is 4.99 Å². The highest BCUT2D eigenvalue weighted by Gasteiger charge is 2.08. The molecule has 0 atom stereocenters. The summed E-state index contributed by atoms with van der Waals surface area (Å²) in [6.07, 6.45) is 1.93. The number of halogens is 1. The van der Waals surface area contributed by atoms with E-state index in [2.05, 4.69) is 39.7 Å². The number of likely N-dealkylation sites (N-methyl/N-ethyl adjacent to an activating group) is 1. The number of nitrogens with zero attached hydrogens (tertiary/aromatic N) is 3. The lowest BCUT2D eigenvalue weighted by Crippen LogP contribution is -2.39. The Morgan fingerprint density at radius 3 is 2.64 bits per heavy atom. The minimum atomic E-state index is 0. The minimum Gasteiger partial charge on any atom is -0.385 e. The van der Waals surface area contributed by atoms with E-state index in [1.807, 2.05) is 13.8 Å². The molecule has 2 N–H and O–H groups in total. The fourth-order valence-corrected chi connectivity index (χ4v) is 2.43. The Balaban J connectivity index is 0.00000576. The smallest absolute Gasteiger partial charge is 0.191 e. The van der Waals surface area contributed by atoms with Crippen LogP contribution >= 0.6 is 24.0 Å². The largest absolute Gasteiger partial charge is 0.385 e. The van der Waals surface area contributed by atoms with Crippen molar-refractivity contribution in [2.75, 3.05) is 53.5 Å². The van der Waals surface area contributed by atoms with Crippen molar-refractivity contribution in [3.8, 4) is 0 Å². The average molecular weight is 467 g/mol. The lowest BCUT2D eigenvalue weighted by molar-refractivity contribution is 0.180. The first-order valence-electron chi connectivity index (χ1n) is 8.69. The van der Waals surface area contributed by atoms with Gasteiger partial charge in [0.2, 0.25) is 0 Å². The predicted octanol–water partition coefficient (Wildman–Crippen LogP) is 1.98. The van der Waals surface area contributed by atoms with Crippen LogP contribution < -0.4 is 10.6 Å². The summed E-state index contributed by atoms with van der Waals surface area (Å²) in [5.74, 6) is 1.75. The standard InChI is InChI=1S/C17H33N5O2.HI/c1-6-18-17(20-10-12-22(4)11-7-13-23-5)19-9-8-16-14(2)21-24-15(16)3;/h6-13H2,1-5H3,(H2,18,19,20);1H. The predicted molar refractivity (Wildman–Crippen MR) is 113 cm³/mol. The molecule has 0 radical (unpaired) electrons. The van der Waals surface area contributed by atoms with Crippen molar-refractivity contribution in [1.29, 1.82) is 0 Å². The van der Waals surface area contributed by atoms with E-state index >= 15 is 0 Å². The zero-order valence-corrected chi connectivity index (χ0v) is 18.6. The maximum Gasteiger partial charge on any atom is 0.191 e. The molecule has 0 aliphatic heterocycles. The Bertz CT molecular complexity index is 474. The molecule has 1 aromatic heterocycles. The second-order valence-corrected chi connectivity index (χ2v) is 5.89. The number of hydrogen-bond donors (Lipinski definition) is 2. The SMILES string of the molecule is CCNC(=NCCN(C)CCCOC)NCCc1c(C)noc1C.I. The van der Waals surface area contributed by atoms with E-state index in [4.69, 9.17) is 9.26 Å². The van der Waals surface area contributed by atoms with Crippen molar-refractivity contribution in [2.24, 2.45) is 4.99 Å². The Morgan fingerprint density at radius 2 is 2.04 bits per heavy atom. The van der Waals surface area contributed by atoms with Crippen LogP contribution in [0.15, 0.2) is 9.52 Å². The maximum atomic E-state index is 5.19. The number of aryl methyl sites for hydroxylation is 2. The van der Waals surface area contributed by atoms with Crippen LogP contribution in [0.4, 0.5) is 0 Å². The summed E-state index contributed by atoms with van der Waals surface area (Å²) < 4.78 is 10.3. The van der Waals surface area contributed by atoms with Gasteiger partial charge in [0.15, 0.2) is 5.96 Å². The van der Waals surface area contributed by atoms with Gasteiger partial charge in [-0.15, -0.1) is 24.0 Å². The van der Waals surface area contributed by atoms with Crippen LogP contribution in [0.2, 0.25) is 0 Å². The Morgan fingerprint density at radius 1 is 1.28 bits per heavy atom. The first-order chi connectivity index (χ1) is 11.6. The molecule has 0 aromatic carbocycles. The molecule has 0 unspecified atom stereocenters. The minimum absolute atomic E-state index is 0. The lowest BCUT2D eigenvalue weighted by atomic mass is 10.1. The molecular weight excluding hydrogens is 433 g/mol. The van der Waals surface area contributed by atoms with E-state index in [9.17, 15) is 0 Å². The zero-order valence-electron chi connectivity index (χ0n) is 16.2. The second kappa shape index (κ2) is 14.3. The van der Waals surface area contributed by atoms with Crippen molar-refractivity contribution in [3.63, 3.8) is 0 Å². The van der Waals surface area contributed by atoms with Crippen LogP contribution in [-0.4, -0.2) is 69.5 Å². The Labute approximate surface area is 169 Å². The summed E-state index contributed by atoms with van der Waals surface area (Å²) in [5, 5.41) is 10.6. The van der Waals surface area contributed by atoms with Gasteiger partial charge in [0.05, 0.1) is 12.2 Å². The third-order valence-corrected chi connectivity index (χ3v) is 3.83. The van der Waals surface area contributed by atoms with E-state index in [1.54, 1.807) is 7.11 Å². The summed E-state index contributed by atoms with van der Waals surface area (Å²) >= 11 is 0. The van der Waals surface area contributed by atoms with Gasteiger partial charge in [0.25, 0.3) is 0 Å². The third-order valence-electron chi connectivity index (χ3n) is 3.83. The summed E-state index contributed by atoms with van der Waals surface area (Å²) in [5.41, 5.74) is 2.14. The number of nitrogens with one attached hydrogen (secondary N) is 2. The van der Waals surface area contributed by atoms with Crippen LogP contribution in [0.25, 0.3) is 0 Å². The fourth-order valence-electron chi connectivity index (χ4n) is 2.43. The van der Waals surface area contributed by atoms with Crippen LogP contribution in [0, 0.1) is 13.8 Å². The van der Waals surface area contributed by atoms with Crippen molar-refractivity contribution in [1.82, 2.24) is 20.7 Å². The molecule has 1 heterocycles. The van der Waals surface area contributed by atoms with Gasteiger partial charge in [0, 0.05) is 45.5 Å². The van der Waals surface area contributed by atoms with E-state index in [0.717, 1.165) is 69.6 Å². The summed E-state index contributed by atoms with van der Waals surface area (Å²) in [6.45, 7) is 11.2. The molecule has 1 aromatic rings. The number of rotatable bonds is 11. The molecule has 1 rings (SSSR count). The molecule has 0 amide bonds. The molecule has 0 aliphatic rings. The topological polar surface area (TPSA) is 74.9 Å². The highest BCUT2D eigenvalue weighted by atomic mass is 127. The molecule has 7 nitrogen and oxygen atoms in total. The van der Waals surface area contributed by atoms with E-state index in [0.29, 0.717) is 0 Å². The molecule has 0 aliphatic carbocycles.